The van der Waals surface area contributed by atoms with Crippen LogP contribution in [0.2, 0.25) is 0 Å². The summed E-state index contributed by atoms with van der Waals surface area (Å²) in [5.41, 5.74) is 7.46. The number of nitro benzene ring substituents is 1. The van der Waals surface area contributed by atoms with Crippen LogP contribution in [0.1, 0.15) is 32.8 Å². The Kier molecular flexibility index (Phi) is 5.01. The molecule has 0 atom stereocenters. The predicted molar refractivity (Wildman–Crippen MR) is 124 cm³/mol. The quantitative estimate of drug-likeness (QED) is 0.343. The van der Waals surface area contributed by atoms with Crippen molar-refractivity contribution in [1.29, 1.82) is 0 Å². The van der Waals surface area contributed by atoms with E-state index in [-0.39, 0.29) is 10.6 Å². The van der Waals surface area contributed by atoms with Gasteiger partial charge in [-0.2, -0.15) is 0 Å². The minimum absolute atomic E-state index is 0.145. The highest BCUT2D eigenvalue weighted by atomic mass is 32.1. The van der Waals surface area contributed by atoms with Gasteiger partial charge in [0, 0.05) is 40.5 Å². The first-order valence-corrected chi connectivity index (χ1v) is 10.7. The maximum absolute atomic E-state index is 11.9. The minimum Gasteiger partial charge on any atom is -0.357 e. The molecule has 0 saturated carbocycles. The molecule has 0 amide bonds. The van der Waals surface area contributed by atoms with Crippen LogP contribution < -0.4 is 5.32 Å². The lowest BCUT2D eigenvalue weighted by atomic mass is 9.89. The van der Waals surface area contributed by atoms with E-state index in [2.05, 4.69) is 33.5 Å². The molecule has 9 heteroatoms. The predicted octanol–water partition coefficient (Wildman–Crippen LogP) is 5.32. The van der Waals surface area contributed by atoms with Crippen molar-refractivity contribution in [3.8, 4) is 22.6 Å². The zero-order valence-corrected chi connectivity index (χ0v) is 19.4. The molecule has 4 rings (SSSR count). The summed E-state index contributed by atoms with van der Waals surface area (Å²) in [5.74, 6) is 0.502. The smallest absolute Gasteiger partial charge is 0.276 e. The number of imidazole rings is 1. The molecule has 0 radical (unpaired) electrons. The second-order valence-electron chi connectivity index (χ2n) is 7.67. The van der Waals surface area contributed by atoms with Crippen molar-refractivity contribution in [3.05, 3.63) is 55.2 Å². The van der Waals surface area contributed by atoms with Gasteiger partial charge in [-0.1, -0.05) is 0 Å². The van der Waals surface area contributed by atoms with Gasteiger partial charge in [-0.25, -0.2) is 15.0 Å². The first-order chi connectivity index (χ1) is 14.7. The van der Waals surface area contributed by atoms with Gasteiger partial charge in [0.15, 0.2) is 4.96 Å². The van der Waals surface area contributed by atoms with Crippen molar-refractivity contribution < 1.29 is 4.92 Å². The van der Waals surface area contributed by atoms with Crippen LogP contribution in [-0.2, 0) is 0 Å². The molecule has 3 aromatic heterocycles. The second-order valence-corrected chi connectivity index (χ2v) is 8.85. The third-order valence-electron chi connectivity index (χ3n) is 6.06. The fourth-order valence-corrected chi connectivity index (χ4v) is 5.09. The van der Waals surface area contributed by atoms with Crippen molar-refractivity contribution in [2.75, 3.05) is 12.4 Å². The highest BCUT2D eigenvalue weighted by Crippen LogP contribution is 2.43. The topological polar surface area (TPSA) is 98.2 Å². The maximum Gasteiger partial charge on any atom is 0.276 e. The molecule has 1 aromatic carbocycles. The number of fused-ring (bicyclic) bond motifs is 1. The highest BCUT2D eigenvalue weighted by molar-refractivity contribution is 7.17. The summed E-state index contributed by atoms with van der Waals surface area (Å²) in [4.78, 5) is 27.5. The van der Waals surface area contributed by atoms with E-state index < -0.39 is 0 Å². The molecule has 0 aliphatic heterocycles. The number of nitrogens with zero attached hydrogens (tertiary/aromatic N) is 5. The van der Waals surface area contributed by atoms with E-state index in [1.54, 1.807) is 38.4 Å². The normalized spacial score (nSPS) is 11.3. The Morgan fingerprint density at radius 2 is 1.74 bits per heavy atom. The van der Waals surface area contributed by atoms with Gasteiger partial charge in [0.1, 0.15) is 11.4 Å². The third kappa shape index (κ3) is 3.07. The summed E-state index contributed by atoms with van der Waals surface area (Å²) in [7, 11) is 1.77. The number of aryl methyl sites for hydroxylation is 2. The Bertz CT molecular complexity index is 1370. The van der Waals surface area contributed by atoms with E-state index in [1.165, 1.54) is 0 Å². The molecule has 0 saturated heterocycles. The summed E-state index contributed by atoms with van der Waals surface area (Å²) >= 11 is 1.60. The number of benzene rings is 1. The number of anilines is 1. The van der Waals surface area contributed by atoms with Gasteiger partial charge in [-0.15, -0.1) is 11.3 Å². The molecule has 8 nitrogen and oxygen atoms in total. The average molecular weight is 437 g/mol. The standard InChI is InChI=1S/C22H24N6O2S/c1-10-11(2)17(13(4)19(12(10)3)28(29)30)18-20(16-8-9-24-21(23-7)25-16)27-14(5)15(6)31-22(27)26-18/h8-9H,1-7H3,(H,23,24,25). The van der Waals surface area contributed by atoms with Gasteiger partial charge in [0.05, 0.1) is 10.6 Å². The monoisotopic (exact) mass is 436 g/mol. The van der Waals surface area contributed by atoms with E-state index in [9.17, 15) is 10.1 Å². The van der Waals surface area contributed by atoms with Crippen LogP contribution in [0.5, 0.6) is 0 Å². The minimum atomic E-state index is -0.294. The molecule has 0 aliphatic rings. The van der Waals surface area contributed by atoms with Crippen LogP contribution in [0.4, 0.5) is 11.6 Å². The first kappa shape index (κ1) is 20.9. The van der Waals surface area contributed by atoms with Gasteiger partial charge in [-0.3, -0.25) is 14.5 Å². The number of nitro groups is 1. The molecule has 1 N–H and O–H groups in total. The lowest BCUT2D eigenvalue weighted by Gasteiger charge is -2.16. The van der Waals surface area contributed by atoms with Crippen molar-refractivity contribution in [2.45, 2.75) is 41.5 Å². The van der Waals surface area contributed by atoms with Crippen molar-refractivity contribution in [3.63, 3.8) is 0 Å². The molecule has 0 aliphatic carbocycles. The summed E-state index contributed by atoms with van der Waals surface area (Å²) in [5, 5.41) is 14.9. The van der Waals surface area contributed by atoms with Gasteiger partial charge < -0.3 is 5.32 Å². The summed E-state index contributed by atoms with van der Waals surface area (Å²) in [6.07, 6.45) is 1.70. The lowest BCUT2D eigenvalue weighted by molar-refractivity contribution is -0.386. The van der Waals surface area contributed by atoms with Gasteiger partial charge in [0.2, 0.25) is 5.95 Å². The van der Waals surface area contributed by atoms with Gasteiger partial charge >= 0.3 is 0 Å². The Morgan fingerprint density at radius 1 is 1.03 bits per heavy atom. The van der Waals surface area contributed by atoms with E-state index in [0.717, 1.165) is 37.9 Å². The van der Waals surface area contributed by atoms with E-state index in [1.807, 2.05) is 19.9 Å². The Morgan fingerprint density at radius 3 is 2.39 bits per heavy atom. The molecule has 31 heavy (non-hydrogen) atoms. The number of hydrogen-bond acceptors (Lipinski definition) is 7. The number of thiazole rings is 1. The summed E-state index contributed by atoms with van der Waals surface area (Å²) in [6, 6.07) is 1.85. The van der Waals surface area contributed by atoms with Crippen molar-refractivity contribution in [1.82, 2.24) is 19.4 Å². The summed E-state index contributed by atoms with van der Waals surface area (Å²) in [6.45, 7) is 11.7. The van der Waals surface area contributed by atoms with Crippen LogP contribution in [-0.4, -0.2) is 31.3 Å². The SMILES string of the molecule is CNc1nccc(-c2c(-c3c(C)c(C)c(C)c([N+](=O)[O-])c3C)nc3sc(C)c(C)n23)n1. The first-order valence-electron chi connectivity index (χ1n) is 9.92. The van der Waals surface area contributed by atoms with Crippen LogP contribution in [0.25, 0.3) is 27.6 Å². The van der Waals surface area contributed by atoms with Crippen LogP contribution >= 0.6 is 11.3 Å². The van der Waals surface area contributed by atoms with Crippen molar-refractivity contribution >= 4 is 27.9 Å². The van der Waals surface area contributed by atoms with Gasteiger partial charge in [-0.05, 0) is 58.7 Å². The molecule has 160 valence electrons. The lowest BCUT2D eigenvalue weighted by Crippen LogP contribution is -2.04. The van der Waals surface area contributed by atoms with E-state index in [4.69, 9.17) is 4.98 Å². The van der Waals surface area contributed by atoms with E-state index in [0.29, 0.717) is 28.5 Å². The molecule has 4 aromatic rings. The number of aromatic nitrogens is 4. The number of rotatable bonds is 4. The molecule has 0 fully saturated rings. The molecular formula is C22H24N6O2S. The molecule has 3 heterocycles. The Balaban J connectivity index is 2.17. The summed E-state index contributed by atoms with van der Waals surface area (Å²) < 4.78 is 2.09. The zero-order chi connectivity index (χ0) is 22.6. The third-order valence-corrected chi connectivity index (χ3v) is 7.12. The molecule has 0 bridgehead atoms. The van der Waals surface area contributed by atoms with Crippen LogP contribution in [0.3, 0.4) is 0 Å². The fraction of sp³-hybridized carbons (Fsp3) is 0.318. The second kappa shape index (κ2) is 7.42. The Labute approximate surface area is 184 Å². The maximum atomic E-state index is 11.9. The fourth-order valence-electron chi connectivity index (χ4n) is 4.13. The number of nitrogens with one attached hydrogen (secondary N) is 1. The number of hydrogen-bond donors (Lipinski definition) is 1. The molecule has 0 unspecified atom stereocenters. The zero-order valence-electron chi connectivity index (χ0n) is 18.6. The average Bonchev–Trinajstić information content (AvgIpc) is 3.22. The highest BCUT2D eigenvalue weighted by Gasteiger charge is 2.29. The Hall–Kier alpha value is -3.33. The largest absolute Gasteiger partial charge is 0.357 e. The van der Waals surface area contributed by atoms with Crippen molar-refractivity contribution in [2.24, 2.45) is 0 Å². The van der Waals surface area contributed by atoms with Crippen LogP contribution in [0, 0.1) is 51.7 Å². The molecular weight excluding hydrogens is 412 g/mol. The van der Waals surface area contributed by atoms with E-state index >= 15 is 0 Å². The van der Waals surface area contributed by atoms with Crippen LogP contribution in [0.15, 0.2) is 12.3 Å². The molecule has 0 spiro atoms. The van der Waals surface area contributed by atoms with Gasteiger partial charge in [0.25, 0.3) is 5.69 Å².